The lowest BCUT2D eigenvalue weighted by molar-refractivity contribution is 0.153. The zero-order valence-corrected chi connectivity index (χ0v) is 14.2. The third-order valence-electron chi connectivity index (χ3n) is 5.26. The van der Waals surface area contributed by atoms with Crippen LogP contribution in [0, 0.1) is 0 Å². The van der Waals surface area contributed by atoms with E-state index in [-0.39, 0.29) is 0 Å². The number of nitrogens with zero attached hydrogens (tertiary/aromatic N) is 2. The van der Waals surface area contributed by atoms with E-state index in [1.165, 1.54) is 76.0 Å². The highest BCUT2D eigenvalue weighted by Crippen LogP contribution is 2.29. The summed E-state index contributed by atoms with van der Waals surface area (Å²) in [5.41, 5.74) is 4.50. The van der Waals surface area contributed by atoms with Gasteiger partial charge in [-0.05, 0) is 74.9 Å². The third kappa shape index (κ3) is 3.82. The Bertz CT molecular complexity index is 492. The van der Waals surface area contributed by atoms with E-state index in [0.717, 1.165) is 12.2 Å². The van der Waals surface area contributed by atoms with E-state index < -0.39 is 0 Å². The topological polar surface area (TPSA) is 15.7 Å². The lowest BCUT2D eigenvalue weighted by Gasteiger charge is -2.32. The van der Waals surface area contributed by atoms with Crippen LogP contribution in [0.3, 0.4) is 0 Å². The van der Waals surface area contributed by atoms with Crippen LogP contribution in [0.15, 0.2) is 12.1 Å². The number of hydrogen-bond acceptors (Lipinski definition) is 3. The summed E-state index contributed by atoms with van der Waals surface area (Å²) in [6.07, 6.45) is 7.54. The van der Waals surface area contributed by atoms with Crippen molar-refractivity contribution in [3.05, 3.63) is 28.8 Å². The van der Waals surface area contributed by atoms with E-state index in [0.29, 0.717) is 0 Å². The summed E-state index contributed by atoms with van der Waals surface area (Å²) in [6.45, 7) is 6.08. The summed E-state index contributed by atoms with van der Waals surface area (Å²) in [5, 5.41) is 0. The van der Waals surface area contributed by atoms with Gasteiger partial charge in [0.25, 0.3) is 0 Å². The first-order valence-corrected chi connectivity index (χ1v) is 8.86. The number of benzene rings is 1. The van der Waals surface area contributed by atoms with Crippen LogP contribution in [0.5, 0.6) is 5.75 Å². The Labute approximate surface area is 135 Å². The Balaban J connectivity index is 1.57. The van der Waals surface area contributed by atoms with Crippen LogP contribution in [-0.4, -0.2) is 56.7 Å². The second-order valence-corrected chi connectivity index (χ2v) is 6.89. The number of ether oxygens (including phenoxy) is 1. The average Bonchev–Trinajstić information content (AvgIpc) is 2.56. The molecule has 0 bridgehead atoms. The number of piperazine rings is 1. The number of fused-ring (bicyclic) bond motifs is 1. The Hall–Kier alpha value is -1.06. The van der Waals surface area contributed by atoms with E-state index in [4.69, 9.17) is 4.74 Å². The quantitative estimate of drug-likeness (QED) is 0.832. The van der Waals surface area contributed by atoms with Crippen LogP contribution in [0.4, 0.5) is 0 Å². The van der Waals surface area contributed by atoms with E-state index in [1.54, 1.807) is 5.56 Å². The zero-order chi connectivity index (χ0) is 15.4. The highest BCUT2D eigenvalue weighted by atomic mass is 16.5. The molecular formula is C19H30N2O. The summed E-state index contributed by atoms with van der Waals surface area (Å²) < 4.78 is 5.65. The molecule has 1 saturated heterocycles. The van der Waals surface area contributed by atoms with Gasteiger partial charge in [0.2, 0.25) is 0 Å². The number of hydrogen-bond donors (Lipinski definition) is 0. The number of likely N-dealkylation sites (N-methyl/N-ethyl adjacent to an activating group) is 1. The molecule has 0 N–H and O–H groups in total. The first kappa shape index (κ1) is 15.8. The van der Waals surface area contributed by atoms with Crippen molar-refractivity contribution in [1.82, 2.24) is 9.80 Å². The van der Waals surface area contributed by atoms with Crippen molar-refractivity contribution in [2.24, 2.45) is 0 Å². The van der Waals surface area contributed by atoms with Gasteiger partial charge in [0.05, 0.1) is 7.11 Å². The molecular weight excluding hydrogens is 272 g/mol. The van der Waals surface area contributed by atoms with E-state index in [1.807, 2.05) is 7.11 Å². The molecule has 1 aromatic carbocycles. The van der Waals surface area contributed by atoms with Crippen LogP contribution < -0.4 is 4.74 Å². The molecule has 3 nitrogen and oxygen atoms in total. The van der Waals surface area contributed by atoms with Crippen LogP contribution in [0.25, 0.3) is 0 Å². The fourth-order valence-electron chi connectivity index (χ4n) is 3.76. The van der Waals surface area contributed by atoms with Crippen LogP contribution >= 0.6 is 0 Å². The van der Waals surface area contributed by atoms with Crippen LogP contribution in [-0.2, 0) is 19.3 Å². The molecule has 0 atom stereocenters. The molecule has 0 aromatic heterocycles. The molecule has 3 heteroatoms. The molecule has 22 heavy (non-hydrogen) atoms. The molecule has 0 spiro atoms. The van der Waals surface area contributed by atoms with E-state index in [9.17, 15) is 0 Å². The Kier molecular flexibility index (Phi) is 5.37. The number of methoxy groups -OCH3 is 1. The highest BCUT2D eigenvalue weighted by Gasteiger charge is 2.16. The van der Waals surface area contributed by atoms with Gasteiger partial charge in [-0.1, -0.05) is 6.07 Å². The number of aryl methyl sites for hydroxylation is 3. The Morgan fingerprint density at radius 2 is 1.68 bits per heavy atom. The van der Waals surface area contributed by atoms with Gasteiger partial charge in [-0.15, -0.1) is 0 Å². The molecule has 1 aromatic rings. The normalized spacial score (nSPS) is 19.9. The van der Waals surface area contributed by atoms with Crippen LogP contribution in [0.1, 0.15) is 36.0 Å². The van der Waals surface area contributed by atoms with Gasteiger partial charge in [0.15, 0.2) is 0 Å². The number of rotatable bonds is 5. The van der Waals surface area contributed by atoms with Gasteiger partial charge in [-0.25, -0.2) is 0 Å². The van der Waals surface area contributed by atoms with E-state index in [2.05, 4.69) is 29.0 Å². The predicted molar refractivity (Wildman–Crippen MR) is 91.9 cm³/mol. The third-order valence-corrected chi connectivity index (χ3v) is 5.26. The Morgan fingerprint density at radius 1 is 1.00 bits per heavy atom. The van der Waals surface area contributed by atoms with Crippen molar-refractivity contribution in [2.45, 2.75) is 38.5 Å². The maximum Gasteiger partial charge on any atom is 0.122 e. The fraction of sp³-hybridized carbons (Fsp3) is 0.684. The molecule has 3 rings (SSSR count). The summed E-state index contributed by atoms with van der Waals surface area (Å²) in [7, 11) is 4.03. The molecule has 0 saturated carbocycles. The monoisotopic (exact) mass is 302 g/mol. The standard InChI is InChI=1S/C19H30N2O/c1-20-10-12-21(13-11-20)9-5-8-18-14-16-6-3-4-7-17(16)15-19(18)22-2/h14-15H,3-13H2,1-2H3. The maximum atomic E-state index is 5.65. The smallest absolute Gasteiger partial charge is 0.122 e. The van der Waals surface area contributed by atoms with Gasteiger partial charge in [0.1, 0.15) is 5.75 Å². The minimum Gasteiger partial charge on any atom is -0.496 e. The van der Waals surface area contributed by atoms with Gasteiger partial charge in [-0.2, -0.15) is 0 Å². The molecule has 1 aliphatic heterocycles. The van der Waals surface area contributed by atoms with Crippen molar-refractivity contribution >= 4 is 0 Å². The van der Waals surface area contributed by atoms with Gasteiger partial charge in [-0.3, -0.25) is 0 Å². The fourth-order valence-corrected chi connectivity index (χ4v) is 3.76. The Morgan fingerprint density at radius 3 is 2.36 bits per heavy atom. The summed E-state index contributed by atoms with van der Waals surface area (Å²) in [4.78, 5) is 5.02. The molecule has 1 aliphatic carbocycles. The van der Waals surface area contributed by atoms with E-state index >= 15 is 0 Å². The SMILES string of the molecule is COc1cc2c(cc1CCCN1CCN(C)CC1)CCCC2. The van der Waals surface area contributed by atoms with Crippen molar-refractivity contribution in [1.29, 1.82) is 0 Å². The molecule has 1 fully saturated rings. The van der Waals surface area contributed by atoms with Crippen molar-refractivity contribution < 1.29 is 4.74 Å². The van der Waals surface area contributed by atoms with Crippen molar-refractivity contribution in [3.8, 4) is 5.75 Å². The van der Waals surface area contributed by atoms with Crippen molar-refractivity contribution in [2.75, 3.05) is 46.9 Å². The van der Waals surface area contributed by atoms with Crippen LogP contribution in [0.2, 0.25) is 0 Å². The lowest BCUT2D eigenvalue weighted by Crippen LogP contribution is -2.44. The second kappa shape index (κ2) is 7.47. The molecule has 1 heterocycles. The van der Waals surface area contributed by atoms with Gasteiger partial charge < -0.3 is 14.5 Å². The summed E-state index contributed by atoms with van der Waals surface area (Å²) in [6, 6.07) is 4.73. The largest absolute Gasteiger partial charge is 0.496 e. The minimum atomic E-state index is 1.11. The molecule has 122 valence electrons. The second-order valence-electron chi connectivity index (χ2n) is 6.89. The zero-order valence-electron chi connectivity index (χ0n) is 14.2. The minimum absolute atomic E-state index is 1.11. The van der Waals surface area contributed by atoms with Gasteiger partial charge in [0, 0.05) is 26.2 Å². The van der Waals surface area contributed by atoms with Crippen molar-refractivity contribution in [3.63, 3.8) is 0 Å². The maximum absolute atomic E-state index is 5.65. The summed E-state index contributed by atoms with van der Waals surface area (Å²) >= 11 is 0. The van der Waals surface area contributed by atoms with Gasteiger partial charge >= 0.3 is 0 Å². The predicted octanol–water partition coefficient (Wildman–Crippen LogP) is 2.75. The first-order chi connectivity index (χ1) is 10.8. The molecule has 0 radical (unpaired) electrons. The molecule has 0 amide bonds. The first-order valence-electron chi connectivity index (χ1n) is 8.86. The summed E-state index contributed by atoms with van der Waals surface area (Å²) in [5.74, 6) is 1.11. The lowest BCUT2D eigenvalue weighted by atomic mass is 9.89. The average molecular weight is 302 g/mol. The molecule has 0 unspecified atom stereocenters. The highest BCUT2D eigenvalue weighted by molar-refractivity contribution is 5.44. The molecule has 2 aliphatic rings.